The Morgan fingerprint density at radius 1 is 0.417 bits per heavy atom. The van der Waals surface area contributed by atoms with Crippen LogP contribution in [0.3, 0.4) is 0 Å². The molecule has 0 aliphatic carbocycles. The second kappa shape index (κ2) is 16.0. The molecule has 0 fully saturated rings. The summed E-state index contributed by atoms with van der Waals surface area (Å²) in [5.41, 5.74) is 29.6. The second-order valence-corrected chi connectivity index (χ2v) is 25.3. The van der Waals surface area contributed by atoms with Gasteiger partial charge in [-0.15, -0.1) is 0 Å². The third-order valence-corrected chi connectivity index (χ3v) is 16.2. The van der Waals surface area contributed by atoms with Crippen LogP contribution in [0.25, 0.3) is 54.5 Å². The first-order valence-corrected chi connectivity index (χ1v) is 26.2. The van der Waals surface area contributed by atoms with Gasteiger partial charge in [-0.2, -0.15) is 0 Å². The Morgan fingerprint density at radius 3 is 1.49 bits per heavy atom. The smallest absolute Gasteiger partial charge is 0.333 e. The van der Waals surface area contributed by atoms with Crippen molar-refractivity contribution in [3.63, 3.8) is 0 Å². The molecule has 2 aliphatic heterocycles. The fraction of sp³-hybridized carbons (Fsp3) is 0.265. The Kier molecular flexibility index (Phi) is 10.2. The topological polar surface area (TPSA) is 34.2 Å². The van der Waals surface area contributed by atoms with E-state index in [2.05, 4.69) is 250 Å². The number of hydrogen-bond donors (Lipinski definition) is 1. The average Bonchev–Trinajstić information content (AvgIpc) is 3.66. The van der Waals surface area contributed by atoms with E-state index in [0.29, 0.717) is 0 Å². The quantitative estimate of drug-likeness (QED) is 0.106. The van der Waals surface area contributed by atoms with Crippen molar-refractivity contribution in [2.24, 2.45) is 0 Å². The van der Waals surface area contributed by atoms with Crippen LogP contribution in [0, 0.1) is 0 Å². The van der Waals surface area contributed by atoms with Gasteiger partial charge in [-0.25, -0.2) is 0 Å². The molecule has 3 heterocycles. The normalized spacial score (nSPS) is 13.7. The van der Waals surface area contributed by atoms with Crippen LogP contribution in [0.2, 0.25) is 0 Å². The molecule has 0 saturated carbocycles. The lowest BCUT2D eigenvalue weighted by Crippen LogP contribution is -2.56. The fourth-order valence-electron chi connectivity index (χ4n) is 12.1. The number of fused-ring (bicyclic) bond motifs is 9. The van der Waals surface area contributed by atoms with Crippen LogP contribution in [0.1, 0.15) is 128 Å². The Hall–Kier alpha value is -7.04. The van der Waals surface area contributed by atoms with Gasteiger partial charge >= 0.3 is 6.85 Å². The highest BCUT2D eigenvalue weighted by Gasteiger charge is 2.44. The summed E-state index contributed by atoms with van der Waals surface area (Å²) in [6, 6.07) is 60.8. The van der Waals surface area contributed by atoms with E-state index < -0.39 is 0 Å². The van der Waals surface area contributed by atoms with Gasteiger partial charge in [0.15, 0.2) is 0 Å². The summed E-state index contributed by atoms with van der Waals surface area (Å²) >= 11 is 0. The van der Waals surface area contributed by atoms with Crippen molar-refractivity contribution in [2.45, 2.75) is 118 Å². The van der Waals surface area contributed by atoms with Crippen LogP contribution in [0.4, 0.5) is 22.7 Å². The van der Waals surface area contributed by atoms with Crippen LogP contribution in [0.15, 0.2) is 158 Å². The van der Waals surface area contributed by atoms with E-state index in [0.717, 1.165) is 24.2 Å². The summed E-state index contributed by atoms with van der Waals surface area (Å²) in [5, 5.41) is 7.87. The largest absolute Gasteiger partial charge is 0.399 e. The van der Waals surface area contributed by atoms with Gasteiger partial charge in [0.1, 0.15) is 0 Å². The van der Waals surface area contributed by atoms with Crippen LogP contribution in [0.5, 0.6) is 0 Å². The van der Waals surface area contributed by atoms with E-state index >= 15 is 0 Å². The van der Waals surface area contributed by atoms with Gasteiger partial charge in [0.2, 0.25) is 0 Å². The summed E-state index contributed by atoms with van der Waals surface area (Å²) in [6.07, 6.45) is 1.64. The van der Waals surface area contributed by atoms with E-state index in [4.69, 9.17) is 5.73 Å². The Labute approximate surface area is 427 Å². The second-order valence-electron chi connectivity index (χ2n) is 25.3. The van der Waals surface area contributed by atoms with Gasteiger partial charge in [-0.3, -0.25) is 0 Å². The number of anilines is 4. The van der Waals surface area contributed by atoms with Crippen LogP contribution >= 0.6 is 0 Å². The van der Waals surface area contributed by atoms with E-state index in [-0.39, 0.29) is 28.5 Å². The maximum Gasteiger partial charge on any atom is 0.333 e. The number of aromatic nitrogens is 1. The molecule has 0 bridgehead atoms. The number of nitrogen functional groups attached to an aromatic ring is 1. The van der Waals surface area contributed by atoms with Crippen LogP contribution in [-0.2, 0) is 34.5 Å². The highest BCUT2D eigenvalue weighted by Crippen LogP contribution is 2.50. The lowest BCUT2D eigenvalue weighted by Gasteiger charge is -2.42. The first-order valence-electron chi connectivity index (χ1n) is 26.2. The molecule has 72 heavy (non-hydrogen) atoms. The molecule has 0 saturated heterocycles. The predicted octanol–water partition coefficient (Wildman–Crippen LogP) is 16.5. The number of nitrogens with zero attached hydrogens (tertiary/aromatic N) is 2. The number of nitrogens with two attached hydrogens (primary N) is 1. The molecule has 358 valence electrons. The lowest BCUT2D eigenvalue weighted by atomic mass is 9.44. The summed E-state index contributed by atoms with van der Waals surface area (Å²) in [6.45, 7) is 28.0. The minimum atomic E-state index is -0.138. The molecule has 9 aromatic carbocycles. The van der Waals surface area contributed by atoms with Crippen molar-refractivity contribution >= 4 is 83.9 Å². The minimum Gasteiger partial charge on any atom is -0.399 e. The third kappa shape index (κ3) is 7.38. The summed E-state index contributed by atoms with van der Waals surface area (Å²) in [5.74, 6) is 0. The van der Waals surface area contributed by atoms with Crippen molar-refractivity contribution in [2.75, 3.05) is 10.6 Å². The molecule has 0 unspecified atom stereocenters. The van der Waals surface area contributed by atoms with E-state index in [1.807, 2.05) is 0 Å². The first kappa shape index (κ1) is 46.1. The minimum absolute atomic E-state index is 0.0163. The number of hydrogen-bond acceptors (Lipinski definition) is 2. The predicted molar refractivity (Wildman–Crippen MR) is 313 cm³/mol. The molecule has 12 rings (SSSR count). The molecule has 2 aliphatic rings. The fourth-order valence-corrected chi connectivity index (χ4v) is 12.1. The van der Waals surface area contributed by atoms with Gasteiger partial charge in [-0.05, 0) is 172 Å². The van der Waals surface area contributed by atoms with Crippen LogP contribution < -0.4 is 21.6 Å². The summed E-state index contributed by atoms with van der Waals surface area (Å²) in [4.78, 5) is 2.61. The van der Waals surface area contributed by atoms with Crippen molar-refractivity contribution in [3.8, 4) is 11.1 Å². The monoisotopic (exact) mass is 938 g/mol. The Bertz CT molecular complexity index is 3820. The molecular formula is C68H68BN3. The molecule has 0 amide bonds. The highest BCUT2D eigenvalue weighted by molar-refractivity contribution is 6.90. The highest BCUT2D eigenvalue weighted by atomic mass is 15.2. The van der Waals surface area contributed by atoms with Gasteiger partial charge in [0.25, 0.3) is 0 Å². The Balaban J connectivity index is 1.29. The Morgan fingerprint density at radius 2 is 0.931 bits per heavy atom. The van der Waals surface area contributed by atoms with Crippen LogP contribution in [-0.4, -0.2) is 11.3 Å². The SMILES string of the molecule is CC(C)(C)c1cc(N2c3cc4c(Cc5ccccc5)c5ccccc5c(Cc5ccccc5)c4cc3B3c4c(cc(N)cc42)-c2cc(C(C)(C)C)cc4c5cc(C(C)(C)C)ccc5n3c24)cc(C(C)(C)C)c1. The molecule has 4 heteroatoms. The maximum atomic E-state index is 7.32. The van der Waals surface area contributed by atoms with Crippen molar-refractivity contribution in [3.05, 3.63) is 202 Å². The first-order chi connectivity index (χ1) is 34.1. The zero-order valence-electron chi connectivity index (χ0n) is 44.5. The zero-order valence-corrected chi connectivity index (χ0v) is 44.5. The summed E-state index contributed by atoms with van der Waals surface area (Å²) < 4.78 is 2.73. The maximum absolute atomic E-state index is 7.32. The van der Waals surface area contributed by atoms with E-state index in [9.17, 15) is 0 Å². The standard InChI is InChI=1S/C68H68BN3/c1-65(2,3)43-27-28-60-55(34-43)57-35-46(68(10,11)12)36-58-56-37-47(70)38-62-63(56)69(72(60)64(57)58)59-39-53-51(29-41-21-15-13-16-22-41)49-25-19-20-26-50(49)52(30-42-23-17-14-18-24-42)54(53)40-61(59)71(62)48-32-44(66(4,5)6)31-45(33-48)67(7,8)9/h13-28,31-40H,29-30,70H2,1-12H3. The van der Waals surface area contributed by atoms with Gasteiger partial charge in [0, 0.05) is 50.1 Å². The van der Waals surface area contributed by atoms with Gasteiger partial charge in [0.05, 0.1) is 0 Å². The number of benzene rings is 9. The van der Waals surface area contributed by atoms with Gasteiger partial charge < -0.3 is 15.1 Å². The lowest BCUT2D eigenvalue weighted by molar-refractivity contribution is 0.569. The van der Waals surface area contributed by atoms with Gasteiger partial charge in [-0.1, -0.05) is 186 Å². The molecule has 10 aromatic rings. The molecule has 2 N–H and O–H groups in total. The third-order valence-electron chi connectivity index (χ3n) is 16.2. The molecule has 3 nitrogen and oxygen atoms in total. The zero-order chi connectivity index (χ0) is 50.4. The molecule has 0 radical (unpaired) electrons. The molecule has 0 spiro atoms. The van der Waals surface area contributed by atoms with Crippen molar-refractivity contribution < 1.29 is 0 Å². The number of rotatable bonds is 5. The van der Waals surface area contributed by atoms with Crippen molar-refractivity contribution in [1.82, 2.24) is 4.48 Å². The van der Waals surface area contributed by atoms with E-state index in [1.54, 1.807) is 0 Å². The summed E-state index contributed by atoms with van der Waals surface area (Å²) in [7, 11) is 0. The molecule has 0 atom stereocenters. The molecular weight excluding hydrogens is 870 g/mol. The van der Waals surface area contributed by atoms with E-state index in [1.165, 1.54) is 121 Å². The average molecular weight is 938 g/mol. The molecule has 1 aromatic heterocycles. The van der Waals surface area contributed by atoms with Crippen molar-refractivity contribution in [1.29, 1.82) is 0 Å².